The van der Waals surface area contributed by atoms with Gasteiger partial charge in [-0.3, -0.25) is 0 Å². The smallest absolute Gasteiger partial charge is 0.0497 e. The summed E-state index contributed by atoms with van der Waals surface area (Å²) < 4.78 is 5.48. The highest BCUT2D eigenvalue weighted by Gasteiger charge is 2.31. The summed E-state index contributed by atoms with van der Waals surface area (Å²) in [5.41, 5.74) is 0. The van der Waals surface area contributed by atoms with E-state index < -0.39 is 0 Å². The molecule has 1 saturated heterocycles. The predicted molar refractivity (Wildman–Crippen MR) is 54.6 cm³/mol. The van der Waals surface area contributed by atoms with E-state index in [9.17, 15) is 0 Å². The van der Waals surface area contributed by atoms with Gasteiger partial charge in [0.1, 0.15) is 0 Å². The van der Waals surface area contributed by atoms with Crippen molar-refractivity contribution in [2.45, 2.75) is 39.5 Å². The van der Waals surface area contributed by atoms with Gasteiger partial charge in [0.25, 0.3) is 0 Å². The Hall–Kier alpha value is -0.0400. The minimum Gasteiger partial charge on any atom is -0.381 e. The Bertz CT molecular complexity index is 151. The van der Waals surface area contributed by atoms with Crippen molar-refractivity contribution in [1.29, 1.82) is 0 Å². The summed E-state index contributed by atoms with van der Waals surface area (Å²) in [6.45, 7) is 6.89. The Balaban J connectivity index is 1.90. The first kappa shape index (κ1) is 9.51. The van der Waals surface area contributed by atoms with Crippen molar-refractivity contribution in [3.63, 3.8) is 0 Å². The number of ether oxygens (including phenoxy) is 1. The summed E-state index contributed by atoms with van der Waals surface area (Å²) in [5, 5.41) is 0. The van der Waals surface area contributed by atoms with Gasteiger partial charge in [0.05, 0.1) is 0 Å². The number of hydrogen-bond acceptors (Lipinski definition) is 1. The average Bonchev–Trinajstić information content (AvgIpc) is 2.53. The molecule has 1 heterocycles. The highest BCUT2D eigenvalue weighted by atomic mass is 16.5. The van der Waals surface area contributed by atoms with E-state index in [0.29, 0.717) is 0 Å². The van der Waals surface area contributed by atoms with Gasteiger partial charge in [0.15, 0.2) is 0 Å². The largest absolute Gasteiger partial charge is 0.381 e. The van der Waals surface area contributed by atoms with Gasteiger partial charge in [-0.15, -0.1) is 0 Å². The van der Waals surface area contributed by atoms with Crippen LogP contribution in [0, 0.1) is 23.7 Å². The molecule has 1 saturated carbocycles. The van der Waals surface area contributed by atoms with Crippen molar-refractivity contribution < 1.29 is 4.74 Å². The summed E-state index contributed by atoms with van der Waals surface area (Å²) in [7, 11) is 0. The molecule has 1 aliphatic heterocycles. The van der Waals surface area contributed by atoms with Crippen molar-refractivity contribution in [1.82, 2.24) is 0 Å². The monoisotopic (exact) mass is 182 g/mol. The van der Waals surface area contributed by atoms with E-state index in [1.54, 1.807) is 0 Å². The number of rotatable bonds is 1. The highest BCUT2D eigenvalue weighted by Crippen LogP contribution is 2.39. The van der Waals surface area contributed by atoms with E-state index in [4.69, 9.17) is 4.74 Å². The van der Waals surface area contributed by atoms with Gasteiger partial charge in [-0.1, -0.05) is 13.8 Å². The normalized spacial score (nSPS) is 46.6. The van der Waals surface area contributed by atoms with Crippen molar-refractivity contribution >= 4 is 0 Å². The van der Waals surface area contributed by atoms with E-state index in [0.717, 1.165) is 36.9 Å². The third-order valence-electron chi connectivity index (χ3n) is 3.85. The lowest BCUT2D eigenvalue weighted by Gasteiger charge is -2.34. The Labute approximate surface area is 81.9 Å². The molecule has 0 aromatic rings. The quantitative estimate of drug-likeness (QED) is 0.605. The molecular weight excluding hydrogens is 160 g/mol. The summed E-state index contributed by atoms with van der Waals surface area (Å²) >= 11 is 0. The fourth-order valence-corrected chi connectivity index (χ4v) is 3.32. The topological polar surface area (TPSA) is 9.23 Å². The zero-order valence-corrected chi connectivity index (χ0v) is 8.96. The van der Waals surface area contributed by atoms with Crippen LogP contribution >= 0.6 is 0 Å². The molecule has 2 unspecified atom stereocenters. The van der Waals surface area contributed by atoms with Crippen LogP contribution in [0.4, 0.5) is 0 Å². The van der Waals surface area contributed by atoms with Crippen LogP contribution in [-0.4, -0.2) is 13.2 Å². The molecule has 2 fully saturated rings. The molecular formula is C12H22O. The van der Waals surface area contributed by atoms with E-state index in [1.807, 2.05) is 0 Å². The van der Waals surface area contributed by atoms with Crippen LogP contribution in [0.3, 0.4) is 0 Å². The number of hydrogen-bond donors (Lipinski definition) is 0. The molecule has 0 bridgehead atoms. The maximum absolute atomic E-state index is 5.48. The Morgan fingerprint density at radius 1 is 0.923 bits per heavy atom. The predicted octanol–water partition coefficient (Wildman–Crippen LogP) is 3.10. The van der Waals surface area contributed by atoms with Crippen LogP contribution in [0.25, 0.3) is 0 Å². The first-order valence-electron chi connectivity index (χ1n) is 5.83. The molecule has 1 heteroatoms. The van der Waals surface area contributed by atoms with Crippen LogP contribution in [0.1, 0.15) is 39.5 Å². The zero-order chi connectivity index (χ0) is 9.26. The van der Waals surface area contributed by atoms with Crippen molar-refractivity contribution in [3.8, 4) is 0 Å². The van der Waals surface area contributed by atoms with Crippen molar-refractivity contribution in [3.05, 3.63) is 0 Å². The minimum absolute atomic E-state index is 0.894. The van der Waals surface area contributed by atoms with Crippen LogP contribution < -0.4 is 0 Å². The molecule has 0 spiro atoms. The SMILES string of the molecule is C[C@@H]1CC(C2CCOC2)C[C@H](C)C1. The standard InChI is InChI=1S/C12H22O/c1-9-5-10(2)7-12(6-9)11-3-4-13-8-11/h9-12H,3-8H2,1-2H3/t9-,10+,11?,12?. The Morgan fingerprint density at radius 3 is 2.15 bits per heavy atom. The van der Waals surface area contributed by atoms with Gasteiger partial charge in [0, 0.05) is 13.2 Å². The molecule has 1 nitrogen and oxygen atoms in total. The summed E-state index contributed by atoms with van der Waals surface area (Å²) in [6.07, 6.45) is 5.69. The molecule has 0 aromatic carbocycles. The Morgan fingerprint density at radius 2 is 1.62 bits per heavy atom. The summed E-state index contributed by atoms with van der Waals surface area (Å²) in [6, 6.07) is 0. The first-order valence-corrected chi connectivity index (χ1v) is 5.83. The van der Waals surface area contributed by atoms with Gasteiger partial charge >= 0.3 is 0 Å². The average molecular weight is 182 g/mol. The molecule has 4 atom stereocenters. The molecule has 1 aliphatic carbocycles. The van der Waals surface area contributed by atoms with Crippen LogP contribution in [0.2, 0.25) is 0 Å². The maximum atomic E-state index is 5.48. The fourth-order valence-electron chi connectivity index (χ4n) is 3.32. The molecule has 13 heavy (non-hydrogen) atoms. The van der Waals surface area contributed by atoms with Crippen LogP contribution in [0.5, 0.6) is 0 Å². The molecule has 2 rings (SSSR count). The van der Waals surface area contributed by atoms with Gasteiger partial charge in [-0.2, -0.15) is 0 Å². The van der Waals surface area contributed by atoms with Gasteiger partial charge in [-0.05, 0) is 49.4 Å². The van der Waals surface area contributed by atoms with Gasteiger partial charge < -0.3 is 4.74 Å². The molecule has 76 valence electrons. The fraction of sp³-hybridized carbons (Fsp3) is 1.00. The second-order valence-electron chi connectivity index (χ2n) is 5.30. The summed E-state index contributed by atoms with van der Waals surface area (Å²) in [5.74, 6) is 3.77. The van der Waals surface area contributed by atoms with E-state index in [1.165, 1.54) is 25.7 Å². The van der Waals surface area contributed by atoms with Crippen LogP contribution in [0.15, 0.2) is 0 Å². The Kier molecular flexibility index (Phi) is 2.92. The molecule has 0 radical (unpaired) electrons. The first-order chi connectivity index (χ1) is 6.25. The maximum Gasteiger partial charge on any atom is 0.0497 e. The third-order valence-corrected chi connectivity index (χ3v) is 3.85. The molecule has 0 N–H and O–H groups in total. The summed E-state index contributed by atoms with van der Waals surface area (Å²) in [4.78, 5) is 0. The van der Waals surface area contributed by atoms with Crippen molar-refractivity contribution in [2.24, 2.45) is 23.7 Å². The highest BCUT2D eigenvalue weighted by molar-refractivity contribution is 4.81. The van der Waals surface area contributed by atoms with E-state index in [-0.39, 0.29) is 0 Å². The second kappa shape index (κ2) is 4.00. The van der Waals surface area contributed by atoms with Gasteiger partial charge in [-0.25, -0.2) is 0 Å². The minimum atomic E-state index is 0.894. The zero-order valence-electron chi connectivity index (χ0n) is 8.96. The molecule has 0 aromatic heterocycles. The van der Waals surface area contributed by atoms with E-state index in [2.05, 4.69) is 13.8 Å². The third kappa shape index (κ3) is 2.25. The van der Waals surface area contributed by atoms with Gasteiger partial charge in [0.2, 0.25) is 0 Å². The molecule has 0 amide bonds. The lowest BCUT2D eigenvalue weighted by atomic mass is 9.71. The molecule has 2 aliphatic rings. The second-order valence-corrected chi connectivity index (χ2v) is 5.30. The lowest BCUT2D eigenvalue weighted by molar-refractivity contribution is 0.130. The lowest BCUT2D eigenvalue weighted by Crippen LogP contribution is -2.26. The van der Waals surface area contributed by atoms with Crippen molar-refractivity contribution in [2.75, 3.05) is 13.2 Å². The van der Waals surface area contributed by atoms with E-state index >= 15 is 0 Å². The van der Waals surface area contributed by atoms with Crippen LogP contribution in [-0.2, 0) is 4.74 Å².